The normalized spacial score (nSPS) is 11.4. The van der Waals surface area contributed by atoms with E-state index < -0.39 is 11.7 Å². The summed E-state index contributed by atoms with van der Waals surface area (Å²) in [5, 5.41) is 6.65. The number of anilines is 1. The molecule has 3 rings (SSSR count). The Labute approximate surface area is 158 Å². The molecule has 1 N–H and O–H groups in total. The molecule has 27 heavy (non-hydrogen) atoms. The fourth-order valence-electron chi connectivity index (χ4n) is 2.40. The van der Waals surface area contributed by atoms with Crippen molar-refractivity contribution in [1.29, 1.82) is 0 Å². The first-order chi connectivity index (χ1) is 12.9. The summed E-state index contributed by atoms with van der Waals surface area (Å²) in [6.45, 7) is 0. The van der Waals surface area contributed by atoms with Gasteiger partial charge in [0.05, 0.1) is 17.0 Å². The number of nitrogens with zero attached hydrogens (tertiary/aromatic N) is 2. The van der Waals surface area contributed by atoms with Gasteiger partial charge in [-0.15, -0.1) is 11.8 Å². The van der Waals surface area contributed by atoms with Gasteiger partial charge in [-0.1, -0.05) is 18.2 Å². The largest absolute Gasteiger partial charge is 0.416 e. The molecule has 0 aliphatic rings. The molecule has 0 aliphatic heterocycles. The molecule has 0 saturated heterocycles. The molecule has 0 atom stereocenters. The average molecular weight is 391 g/mol. The van der Waals surface area contributed by atoms with Crippen LogP contribution in [0.3, 0.4) is 0 Å². The second kappa shape index (κ2) is 8.30. The van der Waals surface area contributed by atoms with Gasteiger partial charge in [-0.25, -0.2) is 4.68 Å². The van der Waals surface area contributed by atoms with Crippen LogP contribution in [0.25, 0.3) is 5.69 Å². The minimum absolute atomic E-state index is 0.138. The molecule has 0 spiro atoms. The third-order valence-corrected chi connectivity index (χ3v) is 4.68. The van der Waals surface area contributed by atoms with Crippen molar-refractivity contribution in [2.45, 2.75) is 11.9 Å². The summed E-state index contributed by atoms with van der Waals surface area (Å²) in [5.74, 6) is 0.430. The van der Waals surface area contributed by atoms with Gasteiger partial charge in [0.25, 0.3) is 0 Å². The second-order valence-electron chi connectivity index (χ2n) is 5.74. The SMILES string of the molecule is O=C(CSCc1ccc(-n2cccn2)cc1)Nc1cccc(C(F)(F)F)c1. The van der Waals surface area contributed by atoms with Crippen LogP contribution >= 0.6 is 11.8 Å². The molecule has 0 aliphatic carbocycles. The standard InChI is InChI=1S/C19H16F3N3OS/c20-19(21,22)15-3-1-4-16(11-15)24-18(26)13-27-12-14-5-7-17(8-6-14)25-10-2-9-23-25/h1-11H,12-13H2,(H,24,26). The number of halogens is 3. The van der Waals surface area contributed by atoms with Gasteiger partial charge >= 0.3 is 6.18 Å². The molecule has 1 amide bonds. The van der Waals surface area contributed by atoms with Gasteiger partial charge in [0.2, 0.25) is 5.91 Å². The number of hydrogen-bond acceptors (Lipinski definition) is 3. The number of alkyl halides is 3. The highest BCUT2D eigenvalue weighted by atomic mass is 32.2. The summed E-state index contributed by atoms with van der Waals surface area (Å²) in [6, 6.07) is 14.2. The van der Waals surface area contributed by atoms with Crippen molar-refractivity contribution >= 4 is 23.4 Å². The lowest BCUT2D eigenvalue weighted by Gasteiger charge is -2.10. The molecule has 0 bridgehead atoms. The summed E-state index contributed by atoms with van der Waals surface area (Å²) < 4.78 is 39.8. The third-order valence-electron chi connectivity index (χ3n) is 3.68. The van der Waals surface area contributed by atoms with E-state index in [0.717, 1.165) is 23.4 Å². The zero-order valence-electron chi connectivity index (χ0n) is 14.1. The lowest BCUT2D eigenvalue weighted by atomic mass is 10.2. The Hall–Kier alpha value is -2.74. The Bertz CT molecular complexity index is 893. The number of rotatable bonds is 6. The lowest BCUT2D eigenvalue weighted by Crippen LogP contribution is -2.15. The minimum Gasteiger partial charge on any atom is -0.325 e. The molecule has 0 unspecified atom stereocenters. The minimum atomic E-state index is -4.43. The van der Waals surface area contributed by atoms with E-state index >= 15 is 0 Å². The van der Waals surface area contributed by atoms with Gasteiger partial charge in [-0.3, -0.25) is 4.79 Å². The molecule has 8 heteroatoms. The van der Waals surface area contributed by atoms with Crippen LogP contribution in [0.15, 0.2) is 67.0 Å². The number of carbonyl (C=O) groups is 1. The van der Waals surface area contributed by atoms with Crippen molar-refractivity contribution in [3.63, 3.8) is 0 Å². The van der Waals surface area contributed by atoms with Gasteiger partial charge in [0, 0.05) is 23.8 Å². The van der Waals surface area contributed by atoms with E-state index in [2.05, 4.69) is 10.4 Å². The van der Waals surface area contributed by atoms with Crippen LogP contribution in [0.2, 0.25) is 0 Å². The van der Waals surface area contributed by atoms with Crippen LogP contribution in [-0.4, -0.2) is 21.4 Å². The smallest absolute Gasteiger partial charge is 0.325 e. The predicted octanol–water partition coefficient (Wildman–Crippen LogP) is 4.76. The number of aromatic nitrogens is 2. The average Bonchev–Trinajstić information content (AvgIpc) is 3.16. The van der Waals surface area contributed by atoms with Crippen molar-refractivity contribution in [2.24, 2.45) is 0 Å². The third kappa shape index (κ3) is 5.37. The van der Waals surface area contributed by atoms with Crippen molar-refractivity contribution in [3.05, 3.63) is 78.1 Å². The summed E-state index contributed by atoms with van der Waals surface area (Å²) in [6.07, 6.45) is -0.882. The molecule has 2 aromatic carbocycles. The van der Waals surface area contributed by atoms with Crippen molar-refractivity contribution < 1.29 is 18.0 Å². The monoisotopic (exact) mass is 391 g/mol. The number of hydrogen-bond donors (Lipinski definition) is 1. The van der Waals surface area contributed by atoms with Gasteiger partial charge in [0.1, 0.15) is 0 Å². The zero-order chi connectivity index (χ0) is 19.3. The Balaban J connectivity index is 1.48. The molecule has 0 saturated carbocycles. The fraction of sp³-hybridized carbons (Fsp3) is 0.158. The van der Waals surface area contributed by atoms with Gasteiger partial charge in [0.15, 0.2) is 0 Å². The summed E-state index contributed by atoms with van der Waals surface area (Å²) in [7, 11) is 0. The molecule has 1 aromatic heterocycles. The van der Waals surface area contributed by atoms with Gasteiger partial charge in [-0.05, 0) is 42.0 Å². The van der Waals surface area contributed by atoms with E-state index in [-0.39, 0.29) is 17.3 Å². The first-order valence-corrected chi connectivity index (χ1v) is 9.21. The predicted molar refractivity (Wildman–Crippen MR) is 99.8 cm³/mol. The fourth-order valence-corrected chi connectivity index (χ4v) is 3.19. The first-order valence-electron chi connectivity index (χ1n) is 8.05. The van der Waals surface area contributed by atoms with Crippen molar-refractivity contribution in [3.8, 4) is 5.69 Å². The number of thioether (sulfide) groups is 1. The summed E-state index contributed by atoms with van der Waals surface area (Å²) in [5.41, 5.74) is 1.34. The van der Waals surface area contributed by atoms with Crippen LogP contribution in [0.5, 0.6) is 0 Å². The maximum absolute atomic E-state index is 12.7. The molecule has 4 nitrogen and oxygen atoms in total. The Morgan fingerprint density at radius 2 is 1.89 bits per heavy atom. The topological polar surface area (TPSA) is 46.9 Å². The molecule has 0 fully saturated rings. The lowest BCUT2D eigenvalue weighted by molar-refractivity contribution is -0.137. The summed E-state index contributed by atoms with van der Waals surface area (Å²) >= 11 is 1.39. The highest BCUT2D eigenvalue weighted by Crippen LogP contribution is 2.30. The van der Waals surface area contributed by atoms with E-state index in [1.807, 2.05) is 36.5 Å². The van der Waals surface area contributed by atoms with E-state index in [1.54, 1.807) is 10.9 Å². The molecular weight excluding hydrogens is 375 g/mol. The Morgan fingerprint density at radius 1 is 1.11 bits per heavy atom. The van der Waals surface area contributed by atoms with Gasteiger partial charge < -0.3 is 5.32 Å². The highest BCUT2D eigenvalue weighted by Gasteiger charge is 2.30. The van der Waals surface area contributed by atoms with E-state index in [9.17, 15) is 18.0 Å². The van der Waals surface area contributed by atoms with Crippen LogP contribution in [0.1, 0.15) is 11.1 Å². The molecule has 0 radical (unpaired) electrons. The first kappa shape index (κ1) is 19.0. The van der Waals surface area contributed by atoms with Crippen LogP contribution in [-0.2, 0) is 16.7 Å². The Morgan fingerprint density at radius 3 is 2.56 bits per heavy atom. The number of nitrogens with one attached hydrogen (secondary N) is 1. The van der Waals surface area contributed by atoms with E-state index in [1.165, 1.54) is 23.9 Å². The van der Waals surface area contributed by atoms with Crippen molar-refractivity contribution in [2.75, 3.05) is 11.1 Å². The van der Waals surface area contributed by atoms with Gasteiger partial charge in [-0.2, -0.15) is 18.3 Å². The maximum atomic E-state index is 12.7. The second-order valence-corrected chi connectivity index (χ2v) is 6.72. The van der Waals surface area contributed by atoms with E-state index in [0.29, 0.717) is 5.75 Å². The van der Waals surface area contributed by atoms with Crippen LogP contribution < -0.4 is 5.32 Å². The van der Waals surface area contributed by atoms with Crippen LogP contribution in [0, 0.1) is 0 Å². The molecule has 3 aromatic rings. The maximum Gasteiger partial charge on any atom is 0.416 e. The zero-order valence-corrected chi connectivity index (χ0v) is 14.9. The summed E-state index contributed by atoms with van der Waals surface area (Å²) in [4.78, 5) is 11.9. The van der Waals surface area contributed by atoms with Crippen molar-refractivity contribution in [1.82, 2.24) is 9.78 Å². The number of amides is 1. The molecule has 140 valence electrons. The highest BCUT2D eigenvalue weighted by molar-refractivity contribution is 7.99. The molecular formula is C19H16F3N3OS. The number of benzene rings is 2. The number of carbonyl (C=O) groups excluding carboxylic acids is 1. The molecule has 1 heterocycles. The van der Waals surface area contributed by atoms with Crippen LogP contribution in [0.4, 0.5) is 18.9 Å². The quantitative estimate of drug-likeness (QED) is 0.659. The van der Waals surface area contributed by atoms with E-state index in [4.69, 9.17) is 0 Å². The Kier molecular flexibility index (Phi) is 5.85.